The van der Waals surface area contributed by atoms with Crippen LogP contribution in [0.1, 0.15) is 85.5 Å². The third kappa shape index (κ3) is 15.4. The molecule has 1 rings (SSSR count). The number of nitrogens with zero attached hydrogens (tertiary/aromatic N) is 2. The highest BCUT2D eigenvalue weighted by Crippen LogP contribution is 2.24. The number of urea groups is 1. The number of ketones is 1. The molecule has 0 saturated heterocycles. The van der Waals surface area contributed by atoms with Gasteiger partial charge < -0.3 is 20.9 Å². The van der Waals surface area contributed by atoms with E-state index in [2.05, 4.69) is 31.0 Å². The number of carbonyl (C=O) groups excluding carboxylic acids is 2. The van der Waals surface area contributed by atoms with Crippen LogP contribution in [0.2, 0.25) is 0 Å². The Labute approximate surface area is 180 Å². The summed E-state index contributed by atoms with van der Waals surface area (Å²) in [6.45, 7) is 15.5. The van der Waals surface area contributed by atoms with E-state index in [1.54, 1.807) is 4.90 Å². The van der Waals surface area contributed by atoms with Gasteiger partial charge >= 0.3 is 6.03 Å². The molecule has 0 aromatic rings. The van der Waals surface area contributed by atoms with Crippen molar-refractivity contribution in [3.8, 4) is 0 Å². The number of carbonyl (C=O) groups is 2. The molecule has 1 aliphatic rings. The molecule has 2 amide bonds. The van der Waals surface area contributed by atoms with Crippen LogP contribution in [0.5, 0.6) is 0 Å². The van der Waals surface area contributed by atoms with Crippen LogP contribution >= 0.6 is 0 Å². The molecule has 0 bridgehead atoms. The fourth-order valence-corrected chi connectivity index (χ4v) is 3.83. The van der Waals surface area contributed by atoms with Crippen LogP contribution in [0.3, 0.4) is 0 Å². The van der Waals surface area contributed by atoms with Crippen molar-refractivity contribution in [1.29, 1.82) is 0 Å². The van der Waals surface area contributed by atoms with Crippen molar-refractivity contribution in [2.45, 2.75) is 85.5 Å². The van der Waals surface area contributed by atoms with Gasteiger partial charge in [-0.15, -0.1) is 0 Å². The summed E-state index contributed by atoms with van der Waals surface area (Å²) in [6, 6.07) is -0.309. The van der Waals surface area contributed by atoms with Crippen molar-refractivity contribution in [2.75, 3.05) is 45.8 Å². The zero-order valence-electron chi connectivity index (χ0n) is 19.7. The van der Waals surface area contributed by atoms with Crippen LogP contribution in [-0.2, 0) is 4.79 Å². The molecule has 172 valence electrons. The van der Waals surface area contributed by atoms with E-state index >= 15 is 0 Å². The summed E-state index contributed by atoms with van der Waals surface area (Å²) < 4.78 is 0. The lowest BCUT2D eigenvalue weighted by atomic mass is 9.85. The zero-order valence-corrected chi connectivity index (χ0v) is 19.7. The van der Waals surface area contributed by atoms with Crippen LogP contribution in [0, 0.1) is 5.92 Å². The van der Waals surface area contributed by atoms with Gasteiger partial charge in [0.15, 0.2) is 0 Å². The lowest BCUT2D eigenvalue weighted by Gasteiger charge is -2.22. The number of Topliss-reactive ketones (excluding diaryl/α,β-unsaturated/α-hetero) is 1. The Balaban J connectivity index is 0.000000541. The first-order chi connectivity index (χ1) is 14.0. The third-order valence-electron chi connectivity index (χ3n) is 5.56. The van der Waals surface area contributed by atoms with Gasteiger partial charge in [-0.3, -0.25) is 4.79 Å². The van der Waals surface area contributed by atoms with Gasteiger partial charge in [0.25, 0.3) is 0 Å². The van der Waals surface area contributed by atoms with E-state index in [1.807, 2.05) is 6.92 Å². The van der Waals surface area contributed by atoms with Gasteiger partial charge in [0.1, 0.15) is 5.78 Å². The molecule has 0 aromatic carbocycles. The molecule has 0 spiro atoms. The Hall–Kier alpha value is -1.14. The lowest BCUT2D eigenvalue weighted by Crippen LogP contribution is -2.37. The molecule has 6 heteroatoms. The molecular weight excluding hydrogens is 364 g/mol. The highest BCUT2D eigenvalue weighted by Gasteiger charge is 2.18. The van der Waals surface area contributed by atoms with Crippen molar-refractivity contribution >= 4 is 11.8 Å². The molecule has 1 saturated carbocycles. The maximum absolute atomic E-state index is 11.2. The molecule has 0 aromatic heterocycles. The minimum atomic E-state index is -0.309. The number of hydrogen-bond donors (Lipinski definition) is 2. The average Bonchev–Trinajstić information content (AvgIpc) is 2.70. The highest BCUT2D eigenvalue weighted by molar-refractivity contribution is 5.79. The van der Waals surface area contributed by atoms with Crippen molar-refractivity contribution < 1.29 is 9.59 Å². The summed E-state index contributed by atoms with van der Waals surface area (Å²) in [4.78, 5) is 26.2. The predicted octanol–water partition coefficient (Wildman–Crippen LogP) is 4.03. The van der Waals surface area contributed by atoms with Gasteiger partial charge in [0.05, 0.1) is 0 Å². The fourth-order valence-electron chi connectivity index (χ4n) is 3.83. The normalized spacial score (nSPS) is 16.4. The van der Waals surface area contributed by atoms with Crippen LogP contribution in [0.15, 0.2) is 0 Å². The van der Waals surface area contributed by atoms with E-state index in [0.29, 0.717) is 18.2 Å². The van der Waals surface area contributed by atoms with Gasteiger partial charge in [-0.25, -0.2) is 4.79 Å². The number of hydrogen-bond acceptors (Lipinski definition) is 4. The molecule has 1 aliphatic carbocycles. The van der Waals surface area contributed by atoms with E-state index in [0.717, 1.165) is 65.0 Å². The monoisotopic (exact) mass is 412 g/mol. The van der Waals surface area contributed by atoms with Crippen LogP contribution < -0.4 is 11.1 Å². The number of nitrogens with one attached hydrogen (secondary N) is 1. The highest BCUT2D eigenvalue weighted by atomic mass is 16.2. The predicted molar refractivity (Wildman–Crippen MR) is 123 cm³/mol. The summed E-state index contributed by atoms with van der Waals surface area (Å²) in [5, 5.41) is 3.40. The Morgan fingerprint density at radius 1 is 1.03 bits per heavy atom. The first-order valence-electron chi connectivity index (χ1n) is 12.0. The van der Waals surface area contributed by atoms with Gasteiger partial charge in [0, 0.05) is 25.9 Å². The molecule has 29 heavy (non-hydrogen) atoms. The van der Waals surface area contributed by atoms with Gasteiger partial charge in [-0.05, 0) is 90.5 Å². The fraction of sp³-hybridized carbons (Fsp3) is 0.913. The second-order valence-corrected chi connectivity index (χ2v) is 8.10. The standard InChI is InChI=1S/C12H23NO.C11H25N3O/c1-2-8-13-9-4-6-11-5-3-7-12(14)10-11;1-4-8-13(5-2)9-7-10-14(6-3)11(12)15/h11,13H,2-10H2,1H3;4-10H2,1-3H3,(H2,12,15). The molecule has 6 nitrogen and oxygen atoms in total. The molecule has 3 N–H and O–H groups in total. The topological polar surface area (TPSA) is 78.7 Å². The van der Waals surface area contributed by atoms with Crippen molar-refractivity contribution in [2.24, 2.45) is 11.7 Å². The number of amides is 2. The summed E-state index contributed by atoms with van der Waals surface area (Å²) in [6.07, 6.45) is 9.97. The van der Waals surface area contributed by atoms with Crippen LogP contribution in [-0.4, -0.2) is 67.4 Å². The first-order valence-corrected chi connectivity index (χ1v) is 12.0. The second kappa shape index (κ2) is 18.9. The number of rotatable bonds is 14. The van der Waals surface area contributed by atoms with Gasteiger partial charge in [-0.2, -0.15) is 0 Å². The number of nitrogens with two attached hydrogens (primary N) is 1. The van der Waals surface area contributed by atoms with E-state index in [-0.39, 0.29) is 6.03 Å². The maximum atomic E-state index is 11.2. The van der Waals surface area contributed by atoms with E-state index in [9.17, 15) is 9.59 Å². The number of primary amides is 1. The Kier molecular flexibility index (Phi) is 18.1. The van der Waals surface area contributed by atoms with E-state index in [1.165, 1.54) is 32.1 Å². The Morgan fingerprint density at radius 2 is 1.79 bits per heavy atom. The van der Waals surface area contributed by atoms with E-state index < -0.39 is 0 Å². The van der Waals surface area contributed by atoms with E-state index in [4.69, 9.17) is 5.73 Å². The molecular formula is C23H48N4O2. The van der Waals surface area contributed by atoms with Gasteiger partial charge in [-0.1, -0.05) is 20.8 Å². The summed E-state index contributed by atoms with van der Waals surface area (Å²) in [7, 11) is 0. The zero-order chi connectivity index (χ0) is 21.9. The molecule has 1 unspecified atom stereocenters. The second-order valence-electron chi connectivity index (χ2n) is 8.10. The molecule has 1 atom stereocenters. The maximum Gasteiger partial charge on any atom is 0.314 e. The quantitative estimate of drug-likeness (QED) is 0.422. The van der Waals surface area contributed by atoms with Crippen LogP contribution in [0.4, 0.5) is 4.79 Å². The Bertz CT molecular complexity index is 418. The molecule has 1 fully saturated rings. The largest absolute Gasteiger partial charge is 0.351 e. The summed E-state index contributed by atoms with van der Waals surface area (Å²) in [5.74, 6) is 1.18. The molecule has 0 aliphatic heterocycles. The average molecular weight is 413 g/mol. The molecule has 0 heterocycles. The minimum absolute atomic E-state index is 0.309. The minimum Gasteiger partial charge on any atom is -0.351 e. The first kappa shape index (κ1) is 27.9. The lowest BCUT2D eigenvalue weighted by molar-refractivity contribution is -0.121. The van der Waals surface area contributed by atoms with Gasteiger partial charge in [0.2, 0.25) is 0 Å². The smallest absolute Gasteiger partial charge is 0.314 e. The van der Waals surface area contributed by atoms with Crippen molar-refractivity contribution in [1.82, 2.24) is 15.1 Å². The molecule has 0 radical (unpaired) electrons. The summed E-state index contributed by atoms with van der Waals surface area (Å²) in [5.41, 5.74) is 5.23. The van der Waals surface area contributed by atoms with Crippen molar-refractivity contribution in [3.05, 3.63) is 0 Å². The Morgan fingerprint density at radius 3 is 2.34 bits per heavy atom. The third-order valence-corrected chi connectivity index (χ3v) is 5.56. The SMILES string of the molecule is CCCN(CC)CCCN(CC)C(N)=O.CCCNCCCC1CCCC(=O)C1. The van der Waals surface area contributed by atoms with Crippen LogP contribution in [0.25, 0.3) is 0 Å². The summed E-state index contributed by atoms with van der Waals surface area (Å²) >= 11 is 0. The van der Waals surface area contributed by atoms with Crippen molar-refractivity contribution in [3.63, 3.8) is 0 Å².